The maximum absolute atomic E-state index is 13.7. The van der Waals surface area contributed by atoms with Crippen molar-refractivity contribution in [1.82, 2.24) is 9.97 Å². The standard InChI is InChI=1S/C18H15FN2O2S/c1-11-20-15-6-4-3-5-13(15)18(21-11)24-10-16(22)12-7-8-17(23-2)14(19)9-12/h3-9H,10H2,1-2H3. The lowest BCUT2D eigenvalue weighted by molar-refractivity contribution is 0.102. The largest absolute Gasteiger partial charge is 0.494 e. The minimum absolute atomic E-state index is 0.122. The molecule has 0 radical (unpaired) electrons. The van der Waals surface area contributed by atoms with Crippen LogP contribution in [0.4, 0.5) is 4.39 Å². The third-order valence-corrected chi connectivity index (χ3v) is 4.48. The number of aryl methyl sites for hydroxylation is 1. The van der Waals surface area contributed by atoms with E-state index in [0.717, 1.165) is 15.9 Å². The molecule has 4 nitrogen and oxygen atoms in total. The lowest BCUT2D eigenvalue weighted by atomic mass is 10.1. The quantitative estimate of drug-likeness (QED) is 0.398. The summed E-state index contributed by atoms with van der Waals surface area (Å²) in [6.07, 6.45) is 0. The van der Waals surface area contributed by atoms with Crippen molar-refractivity contribution < 1.29 is 13.9 Å². The molecule has 1 aromatic heterocycles. The molecule has 2 aromatic carbocycles. The fourth-order valence-electron chi connectivity index (χ4n) is 2.33. The summed E-state index contributed by atoms with van der Waals surface area (Å²) in [5.41, 5.74) is 1.16. The summed E-state index contributed by atoms with van der Waals surface area (Å²) < 4.78 is 18.6. The number of Topliss-reactive ketones (excluding diaryl/α,β-unsaturated/α-hetero) is 1. The van der Waals surface area contributed by atoms with Gasteiger partial charge in [0.1, 0.15) is 10.9 Å². The van der Waals surface area contributed by atoms with Crippen molar-refractivity contribution in [3.63, 3.8) is 0 Å². The highest BCUT2D eigenvalue weighted by Crippen LogP contribution is 2.26. The van der Waals surface area contributed by atoms with Crippen LogP contribution >= 0.6 is 11.8 Å². The lowest BCUT2D eigenvalue weighted by Crippen LogP contribution is -2.04. The van der Waals surface area contributed by atoms with Crippen LogP contribution in [0.2, 0.25) is 0 Å². The highest BCUT2D eigenvalue weighted by Gasteiger charge is 2.13. The molecule has 1 heterocycles. The number of rotatable bonds is 5. The van der Waals surface area contributed by atoms with Crippen LogP contribution in [0.3, 0.4) is 0 Å². The van der Waals surface area contributed by atoms with E-state index in [1.165, 1.54) is 31.0 Å². The monoisotopic (exact) mass is 342 g/mol. The molecule has 0 unspecified atom stereocenters. The Hall–Kier alpha value is -2.47. The minimum atomic E-state index is -0.545. The zero-order valence-electron chi connectivity index (χ0n) is 13.2. The van der Waals surface area contributed by atoms with Crippen molar-refractivity contribution >= 4 is 28.4 Å². The van der Waals surface area contributed by atoms with Gasteiger partial charge >= 0.3 is 0 Å². The van der Waals surface area contributed by atoms with Gasteiger partial charge in [-0.1, -0.05) is 30.0 Å². The molecule has 0 fully saturated rings. The van der Waals surface area contributed by atoms with E-state index < -0.39 is 5.82 Å². The zero-order valence-corrected chi connectivity index (χ0v) is 14.1. The molecule has 0 aliphatic heterocycles. The van der Waals surface area contributed by atoms with Crippen molar-refractivity contribution in [1.29, 1.82) is 0 Å². The lowest BCUT2D eigenvalue weighted by Gasteiger charge is -2.07. The number of benzene rings is 2. The maximum Gasteiger partial charge on any atom is 0.173 e. The number of methoxy groups -OCH3 is 1. The second-order valence-electron chi connectivity index (χ2n) is 5.15. The van der Waals surface area contributed by atoms with Gasteiger partial charge in [-0.25, -0.2) is 14.4 Å². The normalized spacial score (nSPS) is 10.8. The molecule has 0 saturated carbocycles. The highest BCUT2D eigenvalue weighted by atomic mass is 32.2. The molecule has 24 heavy (non-hydrogen) atoms. The van der Waals surface area contributed by atoms with Crippen LogP contribution in [0.1, 0.15) is 16.2 Å². The summed E-state index contributed by atoms with van der Waals surface area (Å²) in [5, 5.41) is 1.65. The number of ether oxygens (including phenoxy) is 1. The predicted molar refractivity (Wildman–Crippen MR) is 92.3 cm³/mol. The molecular weight excluding hydrogens is 327 g/mol. The van der Waals surface area contributed by atoms with Crippen LogP contribution in [0.15, 0.2) is 47.5 Å². The predicted octanol–water partition coefficient (Wildman–Crippen LogP) is 4.06. The van der Waals surface area contributed by atoms with E-state index in [2.05, 4.69) is 9.97 Å². The van der Waals surface area contributed by atoms with Crippen molar-refractivity contribution in [3.05, 3.63) is 59.7 Å². The van der Waals surface area contributed by atoms with Gasteiger partial charge in [0, 0.05) is 10.9 Å². The minimum Gasteiger partial charge on any atom is -0.494 e. The number of carbonyl (C=O) groups is 1. The number of nitrogens with zero attached hydrogens (tertiary/aromatic N) is 2. The Kier molecular flexibility index (Phi) is 4.76. The molecule has 3 aromatic rings. The Balaban J connectivity index is 1.81. The second kappa shape index (κ2) is 6.97. The molecule has 6 heteroatoms. The first-order valence-corrected chi connectivity index (χ1v) is 8.30. The number of ketones is 1. The smallest absolute Gasteiger partial charge is 0.173 e. The SMILES string of the molecule is COc1ccc(C(=O)CSc2nc(C)nc3ccccc23)cc1F. The van der Waals surface area contributed by atoms with E-state index >= 15 is 0 Å². The van der Waals surface area contributed by atoms with E-state index in [4.69, 9.17) is 4.74 Å². The van der Waals surface area contributed by atoms with E-state index in [1.54, 1.807) is 6.07 Å². The molecule has 0 amide bonds. The first-order chi connectivity index (χ1) is 11.6. The number of halogens is 1. The average molecular weight is 342 g/mol. The van der Waals surface area contributed by atoms with Gasteiger partial charge in [0.15, 0.2) is 17.3 Å². The van der Waals surface area contributed by atoms with Gasteiger partial charge in [0.05, 0.1) is 18.4 Å². The van der Waals surface area contributed by atoms with Crippen LogP contribution in [-0.4, -0.2) is 28.6 Å². The summed E-state index contributed by atoms with van der Waals surface area (Å²) in [7, 11) is 1.39. The second-order valence-corrected chi connectivity index (χ2v) is 6.12. The fraction of sp³-hybridized carbons (Fsp3) is 0.167. The summed E-state index contributed by atoms with van der Waals surface area (Å²) in [4.78, 5) is 21.1. The molecular formula is C18H15FN2O2S. The van der Waals surface area contributed by atoms with Crippen molar-refractivity contribution in [3.8, 4) is 5.75 Å². The Morgan fingerprint density at radius 2 is 2.00 bits per heavy atom. The van der Waals surface area contributed by atoms with Gasteiger partial charge < -0.3 is 4.74 Å². The van der Waals surface area contributed by atoms with E-state index in [1.807, 2.05) is 31.2 Å². The van der Waals surface area contributed by atoms with Gasteiger partial charge in [-0.2, -0.15) is 0 Å². The first kappa shape index (κ1) is 16.4. The number of thioether (sulfide) groups is 1. The van der Waals surface area contributed by atoms with Gasteiger partial charge in [0.25, 0.3) is 0 Å². The number of hydrogen-bond acceptors (Lipinski definition) is 5. The van der Waals surface area contributed by atoms with E-state index in [-0.39, 0.29) is 17.3 Å². The molecule has 122 valence electrons. The van der Waals surface area contributed by atoms with Crippen LogP contribution in [-0.2, 0) is 0 Å². The third kappa shape index (κ3) is 3.38. The Labute approximate surface area is 143 Å². The summed E-state index contributed by atoms with van der Waals surface area (Å²) in [6.45, 7) is 1.82. The van der Waals surface area contributed by atoms with Crippen LogP contribution in [0.25, 0.3) is 10.9 Å². The van der Waals surface area contributed by atoms with Crippen molar-refractivity contribution in [2.24, 2.45) is 0 Å². The topological polar surface area (TPSA) is 52.1 Å². The fourth-order valence-corrected chi connectivity index (χ4v) is 3.28. The van der Waals surface area contributed by atoms with Gasteiger partial charge in [-0.3, -0.25) is 4.79 Å². The molecule has 0 aliphatic rings. The number of carbonyl (C=O) groups excluding carboxylic acids is 1. The van der Waals surface area contributed by atoms with Gasteiger partial charge in [-0.15, -0.1) is 0 Å². The molecule has 0 N–H and O–H groups in total. The number of aromatic nitrogens is 2. The van der Waals surface area contributed by atoms with E-state index in [9.17, 15) is 9.18 Å². The molecule has 0 bridgehead atoms. The number of fused-ring (bicyclic) bond motifs is 1. The summed E-state index contributed by atoms with van der Waals surface area (Å²) in [5.74, 6) is 0.237. The summed E-state index contributed by atoms with van der Waals surface area (Å²) in [6, 6.07) is 11.9. The van der Waals surface area contributed by atoms with Crippen molar-refractivity contribution in [2.45, 2.75) is 11.9 Å². The Bertz CT molecular complexity index is 915. The first-order valence-electron chi connectivity index (χ1n) is 7.31. The Morgan fingerprint density at radius 3 is 2.75 bits per heavy atom. The molecule has 0 aliphatic carbocycles. The van der Waals surface area contributed by atoms with Crippen LogP contribution < -0.4 is 4.74 Å². The molecule has 3 rings (SSSR count). The zero-order chi connectivity index (χ0) is 17.1. The van der Waals surface area contributed by atoms with E-state index in [0.29, 0.717) is 11.4 Å². The van der Waals surface area contributed by atoms with Crippen LogP contribution in [0.5, 0.6) is 5.75 Å². The van der Waals surface area contributed by atoms with Gasteiger partial charge in [-0.05, 0) is 31.2 Å². The number of hydrogen-bond donors (Lipinski definition) is 0. The summed E-state index contributed by atoms with van der Waals surface area (Å²) >= 11 is 1.33. The average Bonchev–Trinajstić information content (AvgIpc) is 2.59. The Morgan fingerprint density at radius 1 is 1.21 bits per heavy atom. The molecule has 0 spiro atoms. The van der Waals surface area contributed by atoms with Gasteiger partial charge in [0.2, 0.25) is 0 Å². The number of para-hydroxylation sites is 1. The molecule has 0 atom stereocenters. The highest BCUT2D eigenvalue weighted by molar-refractivity contribution is 8.00. The van der Waals surface area contributed by atoms with Crippen molar-refractivity contribution in [2.75, 3.05) is 12.9 Å². The molecule has 0 saturated heterocycles. The third-order valence-electron chi connectivity index (χ3n) is 3.49. The maximum atomic E-state index is 13.7. The van der Waals surface area contributed by atoms with Crippen LogP contribution in [0, 0.1) is 12.7 Å².